The molecule has 5 rings (SSSR count). The quantitative estimate of drug-likeness (QED) is 0.504. The van der Waals surface area contributed by atoms with Crippen LogP contribution in [0.1, 0.15) is 51.9 Å². The molecule has 1 spiro atoms. The van der Waals surface area contributed by atoms with Gasteiger partial charge in [-0.25, -0.2) is 13.6 Å². The van der Waals surface area contributed by atoms with Crippen molar-refractivity contribution in [2.75, 3.05) is 13.1 Å². The van der Waals surface area contributed by atoms with Crippen molar-refractivity contribution >= 4 is 11.9 Å². The van der Waals surface area contributed by atoms with Crippen LogP contribution < -0.4 is 5.32 Å². The number of rotatable bonds is 4. The zero-order valence-electron chi connectivity index (χ0n) is 18.8. The Kier molecular flexibility index (Phi) is 5.62. The molecule has 1 unspecified atom stereocenters. The number of hydrogen-bond donors (Lipinski definition) is 1. The zero-order chi connectivity index (χ0) is 25.1. The standard InChI is InChI=1S/C25H23F5N2O3/c1-13-14(3-2-4-17(13)25(28,29)30)12-32(15-5-6-15)22(33)19-11-31-8-7-24(19)18-10-21(27)20(26)9-16(18)23(34)35-24/h2-4,9-10,15,19,31H,5-8,11-12H2,1H3/t19-,24?/m1/s1. The molecule has 1 aliphatic carbocycles. The molecule has 2 heterocycles. The number of carbonyl (C=O) groups is 2. The molecule has 2 aliphatic heterocycles. The van der Waals surface area contributed by atoms with E-state index < -0.39 is 46.8 Å². The van der Waals surface area contributed by atoms with Gasteiger partial charge in [0.1, 0.15) is 0 Å². The molecular weight excluding hydrogens is 471 g/mol. The van der Waals surface area contributed by atoms with Crippen LogP contribution in [0.5, 0.6) is 0 Å². The Morgan fingerprint density at radius 3 is 2.60 bits per heavy atom. The maximum atomic E-state index is 14.2. The van der Waals surface area contributed by atoms with Crippen molar-refractivity contribution < 1.29 is 36.3 Å². The maximum absolute atomic E-state index is 14.2. The van der Waals surface area contributed by atoms with Crippen LogP contribution in [-0.4, -0.2) is 35.9 Å². The van der Waals surface area contributed by atoms with Crippen LogP contribution in [-0.2, 0) is 27.9 Å². The van der Waals surface area contributed by atoms with Gasteiger partial charge >= 0.3 is 12.1 Å². The lowest BCUT2D eigenvalue weighted by atomic mass is 9.75. The van der Waals surface area contributed by atoms with Crippen LogP contribution in [0.25, 0.3) is 0 Å². The van der Waals surface area contributed by atoms with Crippen molar-refractivity contribution in [1.82, 2.24) is 10.2 Å². The highest BCUT2D eigenvalue weighted by molar-refractivity contribution is 5.96. The summed E-state index contributed by atoms with van der Waals surface area (Å²) in [7, 11) is 0. The minimum Gasteiger partial charge on any atom is -0.450 e. The van der Waals surface area contributed by atoms with Crippen molar-refractivity contribution in [2.45, 2.75) is 50.6 Å². The van der Waals surface area contributed by atoms with Gasteiger partial charge in [0.2, 0.25) is 5.91 Å². The van der Waals surface area contributed by atoms with E-state index in [2.05, 4.69) is 5.32 Å². The number of hydrogen-bond acceptors (Lipinski definition) is 4. The molecule has 1 saturated heterocycles. The van der Waals surface area contributed by atoms with Gasteiger partial charge in [0.05, 0.1) is 17.0 Å². The number of amides is 1. The highest BCUT2D eigenvalue weighted by atomic mass is 19.4. The van der Waals surface area contributed by atoms with E-state index in [1.54, 1.807) is 6.07 Å². The van der Waals surface area contributed by atoms with Gasteiger partial charge in [-0.05, 0) is 55.6 Å². The monoisotopic (exact) mass is 494 g/mol. The molecule has 0 aromatic heterocycles. The first-order chi connectivity index (χ1) is 16.5. The van der Waals surface area contributed by atoms with E-state index in [1.165, 1.54) is 17.9 Å². The first kappa shape index (κ1) is 23.7. The number of halogens is 5. The first-order valence-electron chi connectivity index (χ1n) is 11.4. The smallest absolute Gasteiger partial charge is 0.416 e. The van der Waals surface area contributed by atoms with Crippen molar-refractivity contribution in [2.24, 2.45) is 5.92 Å². The van der Waals surface area contributed by atoms with E-state index in [9.17, 15) is 31.5 Å². The van der Waals surface area contributed by atoms with Crippen LogP contribution >= 0.6 is 0 Å². The average molecular weight is 494 g/mol. The third-order valence-electron chi connectivity index (χ3n) is 7.26. The minimum atomic E-state index is -4.52. The summed E-state index contributed by atoms with van der Waals surface area (Å²) >= 11 is 0. The zero-order valence-corrected chi connectivity index (χ0v) is 18.8. The number of benzene rings is 2. The molecule has 35 heavy (non-hydrogen) atoms. The molecule has 3 aliphatic rings. The van der Waals surface area contributed by atoms with Gasteiger partial charge < -0.3 is 15.0 Å². The number of nitrogens with zero attached hydrogens (tertiary/aromatic N) is 1. The van der Waals surface area contributed by atoms with Gasteiger partial charge in [0.25, 0.3) is 0 Å². The lowest BCUT2D eigenvalue weighted by molar-refractivity contribution is -0.149. The average Bonchev–Trinajstić information content (AvgIpc) is 3.60. The summed E-state index contributed by atoms with van der Waals surface area (Å²) in [5.41, 5.74) is -1.80. The summed E-state index contributed by atoms with van der Waals surface area (Å²) in [6.07, 6.45) is -2.94. The summed E-state index contributed by atoms with van der Waals surface area (Å²) in [4.78, 5) is 28.0. The molecule has 1 amide bonds. The predicted octanol–water partition coefficient (Wildman–Crippen LogP) is 4.46. The number of ether oxygens (including phenoxy) is 1. The Labute approximate surface area is 198 Å². The summed E-state index contributed by atoms with van der Waals surface area (Å²) < 4.78 is 74.0. The second kappa shape index (κ2) is 8.29. The third kappa shape index (κ3) is 3.97. The molecule has 2 atom stereocenters. The molecule has 2 aromatic carbocycles. The Morgan fingerprint density at radius 2 is 1.91 bits per heavy atom. The second-order valence-corrected chi connectivity index (χ2v) is 9.38. The third-order valence-corrected chi connectivity index (χ3v) is 7.26. The van der Waals surface area contributed by atoms with E-state index in [0.29, 0.717) is 24.9 Å². The predicted molar refractivity (Wildman–Crippen MR) is 114 cm³/mol. The van der Waals surface area contributed by atoms with E-state index in [4.69, 9.17) is 4.74 Å². The van der Waals surface area contributed by atoms with Crippen molar-refractivity contribution in [1.29, 1.82) is 0 Å². The molecule has 2 fully saturated rings. The van der Waals surface area contributed by atoms with Crippen LogP contribution in [0.2, 0.25) is 0 Å². The van der Waals surface area contributed by atoms with E-state index >= 15 is 0 Å². The normalized spacial score (nSPS) is 23.8. The minimum absolute atomic E-state index is 0.0373. The van der Waals surface area contributed by atoms with Gasteiger partial charge in [-0.1, -0.05) is 12.1 Å². The topological polar surface area (TPSA) is 58.6 Å². The van der Waals surface area contributed by atoms with Crippen LogP contribution in [0, 0.1) is 24.5 Å². The molecule has 1 saturated carbocycles. The number of nitrogens with one attached hydrogen (secondary N) is 1. The number of piperidine rings is 1. The van der Waals surface area contributed by atoms with Gasteiger partial charge in [-0.3, -0.25) is 4.79 Å². The van der Waals surface area contributed by atoms with Gasteiger partial charge in [0, 0.05) is 31.1 Å². The Bertz CT molecular complexity index is 1210. The van der Waals surface area contributed by atoms with Crippen LogP contribution in [0.15, 0.2) is 30.3 Å². The van der Waals surface area contributed by atoms with Crippen LogP contribution in [0.4, 0.5) is 22.0 Å². The fourth-order valence-corrected chi connectivity index (χ4v) is 5.25. The van der Waals surface area contributed by atoms with Crippen LogP contribution in [0.3, 0.4) is 0 Å². The highest BCUT2D eigenvalue weighted by Crippen LogP contribution is 2.48. The summed E-state index contributed by atoms with van der Waals surface area (Å²) in [6.45, 7) is 1.84. The molecule has 186 valence electrons. The maximum Gasteiger partial charge on any atom is 0.416 e. The number of carbonyl (C=O) groups excluding carboxylic acids is 2. The molecule has 10 heteroatoms. The summed E-state index contributed by atoms with van der Waals surface area (Å²) in [6, 6.07) is 5.43. The lowest BCUT2D eigenvalue weighted by Gasteiger charge is -2.42. The Morgan fingerprint density at radius 1 is 1.20 bits per heavy atom. The summed E-state index contributed by atoms with van der Waals surface area (Å²) in [5.74, 6) is -4.51. The first-order valence-corrected chi connectivity index (χ1v) is 11.4. The number of fused-ring (bicyclic) bond motifs is 2. The van der Waals surface area contributed by atoms with Gasteiger partial charge in [-0.15, -0.1) is 0 Å². The van der Waals surface area contributed by atoms with Gasteiger partial charge in [-0.2, -0.15) is 13.2 Å². The van der Waals surface area contributed by atoms with Crippen molar-refractivity contribution in [3.63, 3.8) is 0 Å². The Hall–Kier alpha value is -3.01. The number of esters is 1. The molecule has 0 bridgehead atoms. The fourth-order valence-electron chi connectivity index (χ4n) is 5.25. The molecule has 1 N–H and O–H groups in total. The second-order valence-electron chi connectivity index (χ2n) is 9.38. The fraction of sp³-hybridized carbons (Fsp3) is 0.440. The lowest BCUT2D eigenvalue weighted by Crippen LogP contribution is -2.55. The number of alkyl halides is 3. The SMILES string of the molecule is Cc1c(CN(C(=O)[C@H]2CNCCC23OC(=O)c2cc(F)c(F)cc23)C2CC2)cccc1C(F)(F)F. The Balaban J connectivity index is 1.51. The van der Waals surface area contributed by atoms with E-state index in [-0.39, 0.29) is 42.2 Å². The largest absolute Gasteiger partial charge is 0.450 e. The molecular formula is C25H23F5N2O3. The van der Waals surface area contributed by atoms with Gasteiger partial charge in [0.15, 0.2) is 17.2 Å². The molecule has 2 aromatic rings. The highest BCUT2D eigenvalue weighted by Gasteiger charge is 2.57. The van der Waals surface area contributed by atoms with E-state index in [0.717, 1.165) is 18.2 Å². The van der Waals surface area contributed by atoms with E-state index in [1.807, 2.05) is 0 Å². The summed E-state index contributed by atoms with van der Waals surface area (Å²) in [5, 5.41) is 3.10. The van der Waals surface area contributed by atoms with Crippen molar-refractivity contribution in [3.05, 3.63) is 69.8 Å². The molecule has 5 nitrogen and oxygen atoms in total. The van der Waals surface area contributed by atoms with Crippen molar-refractivity contribution in [3.8, 4) is 0 Å². The molecule has 0 radical (unpaired) electrons.